The molecule has 1 aromatic heterocycles. The van der Waals surface area contributed by atoms with E-state index >= 15 is 0 Å². The highest BCUT2D eigenvalue weighted by molar-refractivity contribution is 8.02. The van der Waals surface area contributed by atoms with Crippen molar-refractivity contribution in [1.29, 1.82) is 0 Å². The second-order valence-electron chi connectivity index (χ2n) is 6.83. The number of aliphatic hydroxyl groups is 1. The molecule has 0 amide bonds. The van der Waals surface area contributed by atoms with Crippen LogP contribution >= 0.6 is 11.9 Å². The Morgan fingerprint density at radius 2 is 2.12 bits per heavy atom. The summed E-state index contributed by atoms with van der Waals surface area (Å²) in [6.45, 7) is 7.39. The summed E-state index contributed by atoms with van der Waals surface area (Å²) >= 11 is 1.81. The number of β-amino-alcohol motifs (C(OH)–C–C–N with tert-alkyl or cyclic N) is 1. The number of para-hydroxylation sites is 1. The summed E-state index contributed by atoms with van der Waals surface area (Å²) < 4.78 is 7.42. The van der Waals surface area contributed by atoms with Crippen LogP contribution in [0.3, 0.4) is 0 Å². The average molecular weight is 345 g/mol. The largest absolute Gasteiger partial charge is 0.390 e. The molecule has 0 bridgehead atoms. The number of hydrogen-bond acceptors (Lipinski definition) is 6. The lowest BCUT2D eigenvalue weighted by atomic mass is 10.0. The summed E-state index contributed by atoms with van der Waals surface area (Å²) in [5.74, 6) is 0.902. The minimum absolute atomic E-state index is 0.102. The number of anilines is 1. The van der Waals surface area contributed by atoms with Crippen LogP contribution in [0, 0.1) is 13.8 Å². The Bertz CT molecular complexity index is 701. The average Bonchev–Trinajstić information content (AvgIpc) is 3.24. The molecule has 1 aromatic carbocycles. The predicted octanol–water partition coefficient (Wildman–Crippen LogP) is 2.77. The van der Waals surface area contributed by atoms with Crippen LogP contribution in [-0.4, -0.2) is 45.6 Å². The van der Waals surface area contributed by atoms with Crippen molar-refractivity contribution in [2.24, 2.45) is 0 Å². The Labute approximate surface area is 146 Å². The maximum absolute atomic E-state index is 10.7. The molecular weight excluding hydrogens is 322 g/mol. The van der Waals surface area contributed by atoms with E-state index in [-0.39, 0.29) is 10.9 Å². The molecule has 4 rings (SSSR count). The van der Waals surface area contributed by atoms with Gasteiger partial charge >= 0.3 is 0 Å². The number of nitrogens with zero attached hydrogens (tertiary/aromatic N) is 3. The Kier molecular flexibility index (Phi) is 4.06. The van der Waals surface area contributed by atoms with Crippen molar-refractivity contribution in [2.45, 2.75) is 37.7 Å². The lowest BCUT2D eigenvalue weighted by Crippen LogP contribution is -2.39. The number of likely N-dealkylation sites (tertiary alicyclic amines) is 1. The summed E-state index contributed by atoms with van der Waals surface area (Å²) in [5.41, 5.74) is 3.33. The Hall–Kier alpha value is -1.50. The minimum Gasteiger partial charge on any atom is -0.390 e. The van der Waals surface area contributed by atoms with Crippen molar-refractivity contribution >= 4 is 17.6 Å². The topological polar surface area (TPSA) is 52.7 Å². The molecule has 1 N–H and O–H groups in total. The third-order valence-corrected chi connectivity index (χ3v) is 6.74. The molecule has 3 heterocycles. The van der Waals surface area contributed by atoms with Gasteiger partial charge in [0.2, 0.25) is 0 Å². The molecule has 2 aliphatic rings. The highest BCUT2D eigenvalue weighted by Crippen LogP contribution is 2.47. The molecule has 24 heavy (non-hydrogen) atoms. The van der Waals surface area contributed by atoms with E-state index in [2.05, 4.69) is 26.5 Å². The van der Waals surface area contributed by atoms with E-state index in [0.29, 0.717) is 6.54 Å². The molecule has 0 aliphatic carbocycles. The monoisotopic (exact) mass is 345 g/mol. The number of rotatable bonds is 3. The van der Waals surface area contributed by atoms with Gasteiger partial charge in [-0.15, -0.1) is 0 Å². The van der Waals surface area contributed by atoms with Gasteiger partial charge in [0.1, 0.15) is 5.76 Å². The van der Waals surface area contributed by atoms with Crippen LogP contribution in [0.4, 0.5) is 5.69 Å². The highest BCUT2D eigenvalue weighted by atomic mass is 32.2. The third-order valence-electron chi connectivity index (χ3n) is 5.19. The van der Waals surface area contributed by atoms with Crippen LogP contribution < -0.4 is 4.31 Å². The Balaban J connectivity index is 1.47. The first-order valence-corrected chi connectivity index (χ1v) is 9.19. The standard InChI is InChI=1S/C18H23N3O2S/c1-13-16(14(2)23-19-13)10-20-9-8-18(12-20)17(22)11-21(24-18)15-6-4-3-5-7-15/h3-7,17,22H,8-12H2,1-2H3/t17-,18+/m0/s1. The molecule has 5 nitrogen and oxygen atoms in total. The summed E-state index contributed by atoms with van der Waals surface area (Å²) in [5, 5.41) is 14.8. The fourth-order valence-corrected chi connectivity index (χ4v) is 5.21. The summed E-state index contributed by atoms with van der Waals surface area (Å²) in [4.78, 5) is 2.41. The molecule has 2 aromatic rings. The third kappa shape index (κ3) is 2.72. The van der Waals surface area contributed by atoms with E-state index in [1.165, 1.54) is 11.3 Å². The summed E-state index contributed by atoms with van der Waals surface area (Å²) in [7, 11) is 0. The molecule has 1 spiro atoms. The van der Waals surface area contributed by atoms with Crippen LogP contribution in [0.5, 0.6) is 0 Å². The van der Waals surface area contributed by atoms with Gasteiger partial charge in [-0.1, -0.05) is 23.4 Å². The van der Waals surface area contributed by atoms with Gasteiger partial charge in [-0.3, -0.25) is 4.90 Å². The normalized spacial score (nSPS) is 27.5. The molecule has 0 radical (unpaired) electrons. The van der Waals surface area contributed by atoms with Gasteiger partial charge in [0.25, 0.3) is 0 Å². The summed E-state index contributed by atoms with van der Waals surface area (Å²) in [6.07, 6.45) is 0.698. The van der Waals surface area contributed by atoms with Crippen molar-refractivity contribution in [3.05, 3.63) is 47.3 Å². The second-order valence-corrected chi connectivity index (χ2v) is 8.27. The number of aliphatic hydroxyl groups excluding tert-OH is 1. The van der Waals surface area contributed by atoms with Crippen molar-refractivity contribution < 1.29 is 9.63 Å². The summed E-state index contributed by atoms with van der Waals surface area (Å²) in [6, 6.07) is 10.3. The van der Waals surface area contributed by atoms with E-state index < -0.39 is 0 Å². The van der Waals surface area contributed by atoms with Crippen LogP contribution in [-0.2, 0) is 6.54 Å². The minimum atomic E-state index is -0.308. The lowest BCUT2D eigenvalue weighted by molar-refractivity contribution is 0.145. The van der Waals surface area contributed by atoms with Crippen molar-refractivity contribution in [3.63, 3.8) is 0 Å². The zero-order chi connectivity index (χ0) is 16.7. The molecule has 2 atom stereocenters. The fourth-order valence-electron chi connectivity index (χ4n) is 3.71. The van der Waals surface area contributed by atoms with Gasteiger partial charge < -0.3 is 13.9 Å². The molecule has 6 heteroatoms. The smallest absolute Gasteiger partial charge is 0.138 e. The fraction of sp³-hybridized carbons (Fsp3) is 0.500. The SMILES string of the molecule is Cc1noc(C)c1CN1CC[C@]2(C1)SN(c1ccccc1)C[C@@H]2O. The second kappa shape index (κ2) is 6.10. The molecule has 128 valence electrons. The quantitative estimate of drug-likeness (QED) is 0.864. The van der Waals surface area contributed by atoms with Crippen molar-refractivity contribution in [2.75, 3.05) is 23.9 Å². The number of aryl methyl sites for hydroxylation is 2. The van der Waals surface area contributed by atoms with Gasteiger partial charge in [-0.05, 0) is 44.3 Å². The first-order chi connectivity index (χ1) is 11.6. The van der Waals surface area contributed by atoms with E-state index in [1.807, 2.05) is 44.0 Å². The van der Waals surface area contributed by atoms with Crippen LogP contribution in [0.25, 0.3) is 0 Å². The van der Waals surface area contributed by atoms with Crippen molar-refractivity contribution in [3.8, 4) is 0 Å². The predicted molar refractivity (Wildman–Crippen MR) is 96.0 cm³/mol. The van der Waals surface area contributed by atoms with Crippen molar-refractivity contribution in [1.82, 2.24) is 10.1 Å². The zero-order valence-electron chi connectivity index (χ0n) is 14.1. The molecular formula is C18H23N3O2S. The maximum Gasteiger partial charge on any atom is 0.138 e. The highest BCUT2D eigenvalue weighted by Gasteiger charge is 2.51. The van der Waals surface area contributed by atoms with Gasteiger partial charge in [0, 0.05) is 30.9 Å². The van der Waals surface area contributed by atoms with Gasteiger partial charge in [0.15, 0.2) is 0 Å². The lowest BCUT2D eigenvalue weighted by Gasteiger charge is -2.26. The number of aromatic nitrogens is 1. The number of benzene rings is 1. The zero-order valence-corrected chi connectivity index (χ0v) is 14.9. The van der Waals surface area contributed by atoms with Gasteiger partial charge in [0.05, 0.1) is 23.1 Å². The van der Waals surface area contributed by atoms with E-state index in [0.717, 1.165) is 37.5 Å². The van der Waals surface area contributed by atoms with E-state index in [1.54, 1.807) is 0 Å². The molecule has 0 saturated carbocycles. The molecule has 2 saturated heterocycles. The molecule has 2 aliphatic heterocycles. The molecule has 2 fully saturated rings. The molecule has 0 unspecified atom stereocenters. The number of hydrogen-bond donors (Lipinski definition) is 1. The first-order valence-electron chi connectivity index (χ1n) is 8.41. The van der Waals surface area contributed by atoms with E-state index in [9.17, 15) is 5.11 Å². The Morgan fingerprint density at radius 1 is 1.33 bits per heavy atom. The van der Waals surface area contributed by atoms with E-state index in [4.69, 9.17) is 4.52 Å². The van der Waals surface area contributed by atoms with Crippen LogP contribution in [0.15, 0.2) is 34.9 Å². The first kappa shape index (κ1) is 16.0. The van der Waals surface area contributed by atoms with Gasteiger partial charge in [-0.2, -0.15) is 0 Å². The maximum atomic E-state index is 10.7. The van der Waals surface area contributed by atoms with Crippen LogP contribution in [0.1, 0.15) is 23.4 Å². The van der Waals surface area contributed by atoms with Gasteiger partial charge in [-0.25, -0.2) is 0 Å². The van der Waals surface area contributed by atoms with Crippen LogP contribution in [0.2, 0.25) is 0 Å². The Morgan fingerprint density at radius 3 is 2.83 bits per heavy atom.